The van der Waals surface area contributed by atoms with Gasteiger partial charge in [0.05, 0.1) is 13.2 Å². The Hall–Kier alpha value is -1.20. The Bertz CT molecular complexity index is 354. The molecule has 0 heterocycles. The Balaban J connectivity index is 2.34. The van der Waals surface area contributed by atoms with E-state index in [-0.39, 0.29) is 5.56 Å². The van der Waals surface area contributed by atoms with Crippen LogP contribution in [0.5, 0.6) is 5.75 Å². The first-order chi connectivity index (χ1) is 8.25. The van der Waals surface area contributed by atoms with Crippen LogP contribution in [0.15, 0.2) is 24.3 Å². The van der Waals surface area contributed by atoms with E-state index in [1.807, 2.05) is 0 Å². The predicted molar refractivity (Wildman–Crippen MR) is 68.1 cm³/mol. The molecule has 94 valence electrons. The Morgan fingerprint density at radius 1 is 1.29 bits per heavy atom. The summed E-state index contributed by atoms with van der Waals surface area (Å²) in [5.41, 5.74) is 0.203. The average molecular weight is 256 g/mol. The smallest absolute Gasteiger partial charge is 0.339 e. The Labute approximate surface area is 105 Å². The van der Waals surface area contributed by atoms with E-state index in [0.29, 0.717) is 12.4 Å². The number of carboxylic acid groups (broad SMARTS) is 1. The fourth-order valence-electron chi connectivity index (χ4n) is 1.22. The van der Waals surface area contributed by atoms with Crippen molar-refractivity contribution in [1.82, 2.24) is 0 Å². The Morgan fingerprint density at radius 2 is 2.00 bits per heavy atom. The lowest BCUT2D eigenvalue weighted by Gasteiger charge is -2.08. The summed E-state index contributed by atoms with van der Waals surface area (Å²) < 4.78 is 10.4. The molecular formula is C12H16O4S. The van der Waals surface area contributed by atoms with Crippen molar-refractivity contribution in [2.45, 2.75) is 0 Å². The summed E-state index contributed by atoms with van der Waals surface area (Å²) in [6.45, 7) is 1.22. The number of rotatable bonds is 8. The zero-order valence-corrected chi connectivity index (χ0v) is 10.5. The van der Waals surface area contributed by atoms with Gasteiger partial charge in [-0.1, -0.05) is 12.1 Å². The number of hydrogen-bond donors (Lipinski definition) is 1. The van der Waals surface area contributed by atoms with Gasteiger partial charge in [0.15, 0.2) is 0 Å². The third-order valence-electron chi connectivity index (χ3n) is 2.03. The van der Waals surface area contributed by atoms with Gasteiger partial charge in [-0.25, -0.2) is 4.79 Å². The number of ether oxygens (including phenoxy) is 2. The third kappa shape index (κ3) is 5.10. The predicted octanol–water partition coefficient (Wildman–Crippen LogP) is 2.14. The molecule has 1 rings (SSSR count). The Kier molecular flexibility index (Phi) is 6.50. The Morgan fingerprint density at radius 3 is 2.71 bits per heavy atom. The minimum Gasteiger partial charge on any atom is -0.492 e. The van der Waals surface area contributed by atoms with E-state index in [2.05, 4.69) is 0 Å². The van der Waals surface area contributed by atoms with E-state index in [1.165, 1.54) is 6.07 Å². The van der Waals surface area contributed by atoms with Crippen LogP contribution in [0, 0.1) is 0 Å². The molecule has 0 spiro atoms. The molecule has 0 aliphatic rings. The molecule has 0 aliphatic carbocycles. The van der Waals surface area contributed by atoms with Crippen molar-refractivity contribution < 1.29 is 19.4 Å². The minimum atomic E-state index is -0.965. The first-order valence-electron chi connectivity index (χ1n) is 5.27. The highest BCUT2D eigenvalue weighted by molar-refractivity contribution is 7.99. The quantitative estimate of drug-likeness (QED) is 0.722. The van der Waals surface area contributed by atoms with E-state index in [9.17, 15) is 4.79 Å². The second-order valence-corrected chi connectivity index (χ2v) is 4.48. The molecule has 0 saturated heterocycles. The summed E-state index contributed by atoms with van der Waals surface area (Å²) in [4.78, 5) is 10.9. The second kappa shape index (κ2) is 7.97. The van der Waals surface area contributed by atoms with Crippen LogP contribution in [-0.2, 0) is 4.74 Å². The lowest BCUT2D eigenvalue weighted by molar-refractivity contribution is 0.0692. The largest absolute Gasteiger partial charge is 0.492 e. The molecule has 5 heteroatoms. The van der Waals surface area contributed by atoms with Gasteiger partial charge in [0.25, 0.3) is 0 Å². The van der Waals surface area contributed by atoms with Crippen molar-refractivity contribution in [1.29, 1.82) is 0 Å². The topological polar surface area (TPSA) is 55.8 Å². The average Bonchev–Trinajstić information content (AvgIpc) is 2.34. The maximum atomic E-state index is 10.9. The van der Waals surface area contributed by atoms with Gasteiger partial charge >= 0.3 is 5.97 Å². The summed E-state index contributed by atoms with van der Waals surface area (Å²) in [6.07, 6.45) is 0. The van der Waals surface area contributed by atoms with Gasteiger partial charge in [-0.05, 0) is 12.1 Å². The van der Waals surface area contributed by atoms with Crippen LogP contribution in [0.1, 0.15) is 10.4 Å². The van der Waals surface area contributed by atoms with Crippen LogP contribution in [0.25, 0.3) is 0 Å². The zero-order valence-electron chi connectivity index (χ0n) is 9.72. The van der Waals surface area contributed by atoms with Crippen LogP contribution in [0.2, 0.25) is 0 Å². The van der Waals surface area contributed by atoms with Crippen molar-refractivity contribution in [2.24, 2.45) is 0 Å². The van der Waals surface area contributed by atoms with Gasteiger partial charge in [-0.15, -0.1) is 0 Å². The minimum absolute atomic E-state index is 0.203. The zero-order chi connectivity index (χ0) is 12.5. The van der Waals surface area contributed by atoms with Crippen LogP contribution in [-0.4, -0.2) is 42.9 Å². The first kappa shape index (κ1) is 13.9. The molecule has 0 unspecified atom stereocenters. The highest BCUT2D eigenvalue weighted by Gasteiger charge is 2.09. The molecule has 0 saturated carbocycles. The standard InChI is InChI=1S/C12H16O4S/c1-15-6-8-17-9-7-16-11-5-3-2-4-10(11)12(13)14/h2-5H,6-9H2,1H3,(H,13,14). The molecule has 0 bridgehead atoms. The van der Waals surface area contributed by atoms with Gasteiger partial charge < -0.3 is 14.6 Å². The normalized spacial score (nSPS) is 10.2. The molecule has 0 fully saturated rings. The maximum absolute atomic E-state index is 10.9. The summed E-state index contributed by atoms with van der Waals surface area (Å²) in [5.74, 6) is 1.19. The van der Waals surface area contributed by atoms with Crippen molar-refractivity contribution in [3.8, 4) is 5.75 Å². The summed E-state index contributed by atoms with van der Waals surface area (Å²) >= 11 is 1.71. The second-order valence-electron chi connectivity index (χ2n) is 3.25. The lowest BCUT2D eigenvalue weighted by Crippen LogP contribution is -2.06. The number of thioether (sulfide) groups is 1. The van der Waals surface area contributed by atoms with Gasteiger partial charge in [-0.2, -0.15) is 11.8 Å². The van der Waals surface area contributed by atoms with Crippen molar-refractivity contribution >= 4 is 17.7 Å². The SMILES string of the molecule is COCCSCCOc1ccccc1C(=O)O. The highest BCUT2D eigenvalue weighted by atomic mass is 32.2. The third-order valence-corrected chi connectivity index (χ3v) is 2.95. The molecule has 0 atom stereocenters. The van der Waals surface area contributed by atoms with Crippen LogP contribution in [0.3, 0.4) is 0 Å². The summed E-state index contributed by atoms with van der Waals surface area (Å²) in [6, 6.07) is 6.66. The molecule has 17 heavy (non-hydrogen) atoms. The molecular weight excluding hydrogens is 240 g/mol. The number of hydrogen-bond acceptors (Lipinski definition) is 4. The fourth-order valence-corrected chi connectivity index (χ4v) is 1.91. The van der Waals surface area contributed by atoms with Gasteiger partial charge in [0.2, 0.25) is 0 Å². The molecule has 4 nitrogen and oxygen atoms in total. The van der Waals surface area contributed by atoms with E-state index < -0.39 is 5.97 Å². The number of methoxy groups -OCH3 is 1. The van der Waals surface area contributed by atoms with Crippen molar-refractivity contribution in [3.05, 3.63) is 29.8 Å². The molecule has 1 N–H and O–H groups in total. The van der Waals surface area contributed by atoms with Gasteiger partial charge in [-0.3, -0.25) is 0 Å². The monoisotopic (exact) mass is 256 g/mol. The molecule has 1 aromatic carbocycles. The molecule has 0 radical (unpaired) electrons. The molecule has 1 aromatic rings. The van der Waals surface area contributed by atoms with Crippen LogP contribution in [0.4, 0.5) is 0 Å². The first-order valence-corrected chi connectivity index (χ1v) is 6.43. The summed E-state index contributed by atoms with van der Waals surface area (Å²) in [5, 5.41) is 8.94. The maximum Gasteiger partial charge on any atom is 0.339 e. The molecule has 0 aliphatic heterocycles. The highest BCUT2D eigenvalue weighted by Crippen LogP contribution is 2.17. The van der Waals surface area contributed by atoms with Crippen molar-refractivity contribution in [2.75, 3.05) is 31.8 Å². The van der Waals surface area contributed by atoms with Crippen LogP contribution < -0.4 is 4.74 Å². The molecule has 0 aromatic heterocycles. The van der Waals surface area contributed by atoms with Crippen molar-refractivity contribution in [3.63, 3.8) is 0 Å². The van der Waals surface area contributed by atoms with E-state index in [1.54, 1.807) is 37.1 Å². The van der Waals surface area contributed by atoms with Gasteiger partial charge in [0.1, 0.15) is 11.3 Å². The number of carbonyl (C=O) groups is 1. The number of para-hydroxylation sites is 1. The number of carboxylic acids is 1. The molecule has 0 amide bonds. The number of benzene rings is 1. The van der Waals surface area contributed by atoms with Gasteiger partial charge in [0, 0.05) is 18.6 Å². The van der Waals surface area contributed by atoms with Crippen LogP contribution >= 0.6 is 11.8 Å². The summed E-state index contributed by atoms with van der Waals surface area (Å²) in [7, 11) is 1.67. The number of aromatic carboxylic acids is 1. The fraction of sp³-hybridized carbons (Fsp3) is 0.417. The van der Waals surface area contributed by atoms with E-state index >= 15 is 0 Å². The lowest BCUT2D eigenvalue weighted by atomic mass is 10.2. The van der Waals surface area contributed by atoms with E-state index in [4.69, 9.17) is 14.6 Å². The van der Waals surface area contributed by atoms with E-state index in [0.717, 1.165) is 18.1 Å².